The number of anilines is 1. The second-order valence-electron chi connectivity index (χ2n) is 3.92. The zero-order chi connectivity index (χ0) is 14.0. The molecule has 19 heavy (non-hydrogen) atoms. The fraction of sp³-hybridized carbons (Fsp3) is 0.0769. The van der Waals surface area contributed by atoms with Gasteiger partial charge in [-0.15, -0.1) is 0 Å². The first-order valence-electron chi connectivity index (χ1n) is 5.41. The highest BCUT2D eigenvalue weighted by molar-refractivity contribution is 6.04. The number of aromatic hydroxyl groups is 1. The summed E-state index contributed by atoms with van der Waals surface area (Å²) >= 11 is 0. The molecule has 98 valence electrons. The van der Waals surface area contributed by atoms with Gasteiger partial charge < -0.3 is 19.9 Å². The minimum Gasteiger partial charge on any atom is -0.506 e. The molecular formula is C13H11NO5. The van der Waals surface area contributed by atoms with Crippen molar-refractivity contribution in [2.24, 2.45) is 0 Å². The maximum absolute atomic E-state index is 11.8. The second-order valence-corrected chi connectivity index (χ2v) is 3.92. The molecule has 0 saturated carbocycles. The average Bonchev–Trinajstić information content (AvgIpc) is 2.77. The van der Waals surface area contributed by atoms with Crippen LogP contribution in [0.4, 0.5) is 5.69 Å². The molecule has 0 unspecified atom stereocenters. The lowest BCUT2D eigenvalue weighted by Gasteiger charge is -2.07. The van der Waals surface area contributed by atoms with Gasteiger partial charge in [0, 0.05) is 5.56 Å². The maximum atomic E-state index is 11.8. The molecule has 0 saturated heterocycles. The number of phenols is 1. The Hall–Kier alpha value is -2.76. The molecule has 1 amide bonds. The van der Waals surface area contributed by atoms with Gasteiger partial charge in [0.2, 0.25) is 0 Å². The zero-order valence-electron chi connectivity index (χ0n) is 10.0. The van der Waals surface area contributed by atoms with Gasteiger partial charge in [-0.25, -0.2) is 4.79 Å². The summed E-state index contributed by atoms with van der Waals surface area (Å²) in [5.74, 6) is -1.85. The molecule has 2 aromatic rings. The fourth-order valence-electron chi connectivity index (χ4n) is 1.55. The number of nitrogens with one attached hydrogen (secondary N) is 1. The number of aromatic carboxylic acids is 1. The molecule has 0 aliphatic rings. The Balaban J connectivity index is 2.23. The summed E-state index contributed by atoms with van der Waals surface area (Å²) in [4.78, 5) is 22.5. The smallest absolute Gasteiger partial charge is 0.335 e. The van der Waals surface area contributed by atoms with Gasteiger partial charge in [-0.1, -0.05) is 0 Å². The Kier molecular flexibility index (Phi) is 3.24. The van der Waals surface area contributed by atoms with E-state index in [0.717, 1.165) is 6.07 Å². The number of carbonyl (C=O) groups excluding carboxylic acids is 1. The van der Waals surface area contributed by atoms with Gasteiger partial charge in [-0.05, 0) is 31.2 Å². The standard InChI is InChI=1S/C13H11NO5/c1-7-4-5-19-11(7)12(16)14-9-3-2-8(13(17)18)6-10(9)15/h2-6,15H,1H3,(H,14,16)(H,17,18). The zero-order valence-corrected chi connectivity index (χ0v) is 10.0. The van der Waals surface area contributed by atoms with Crippen LogP contribution in [0.5, 0.6) is 5.75 Å². The van der Waals surface area contributed by atoms with E-state index < -0.39 is 11.9 Å². The summed E-state index contributed by atoms with van der Waals surface area (Å²) in [5.41, 5.74) is 0.717. The fourth-order valence-corrected chi connectivity index (χ4v) is 1.55. The second kappa shape index (κ2) is 4.85. The third kappa shape index (κ3) is 2.57. The van der Waals surface area contributed by atoms with Crippen LogP contribution >= 0.6 is 0 Å². The molecule has 0 aliphatic carbocycles. The minimum atomic E-state index is -1.16. The van der Waals surface area contributed by atoms with Crippen LogP contribution in [0.3, 0.4) is 0 Å². The Labute approximate surface area is 108 Å². The van der Waals surface area contributed by atoms with Crippen LogP contribution in [0.2, 0.25) is 0 Å². The van der Waals surface area contributed by atoms with E-state index in [1.165, 1.54) is 18.4 Å². The van der Waals surface area contributed by atoms with Crippen LogP contribution < -0.4 is 5.32 Å². The monoisotopic (exact) mass is 261 g/mol. The first-order chi connectivity index (χ1) is 8.99. The van der Waals surface area contributed by atoms with Gasteiger partial charge >= 0.3 is 5.97 Å². The first kappa shape index (κ1) is 12.7. The predicted molar refractivity (Wildman–Crippen MR) is 66.5 cm³/mol. The molecule has 3 N–H and O–H groups in total. The number of phenolic OH excluding ortho intramolecular Hbond substituents is 1. The van der Waals surface area contributed by atoms with Gasteiger partial charge in [-0.2, -0.15) is 0 Å². The van der Waals surface area contributed by atoms with Crippen LogP contribution in [-0.2, 0) is 0 Å². The Morgan fingerprint density at radius 2 is 2.00 bits per heavy atom. The summed E-state index contributed by atoms with van der Waals surface area (Å²) in [6.07, 6.45) is 1.39. The molecule has 2 rings (SSSR count). The molecule has 1 aromatic carbocycles. The van der Waals surface area contributed by atoms with E-state index in [2.05, 4.69) is 5.32 Å². The lowest BCUT2D eigenvalue weighted by molar-refractivity contribution is 0.0696. The summed E-state index contributed by atoms with van der Waals surface area (Å²) in [6, 6.07) is 5.30. The van der Waals surface area contributed by atoms with Gasteiger partial charge in [0.1, 0.15) is 5.75 Å². The summed E-state index contributed by atoms with van der Waals surface area (Å²) < 4.78 is 5.01. The van der Waals surface area contributed by atoms with E-state index in [9.17, 15) is 14.7 Å². The minimum absolute atomic E-state index is 0.0651. The van der Waals surface area contributed by atoms with Crippen molar-refractivity contribution in [2.75, 3.05) is 5.32 Å². The molecule has 0 radical (unpaired) electrons. The summed E-state index contributed by atoms with van der Waals surface area (Å²) in [6.45, 7) is 1.71. The van der Waals surface area contributed by atoms with E-state index in [-0.39, 0.29) is 22.8 Å². The SMILES string of the molecule is Cc1ccoc1C(=O)Nc1ccc(C(=O)O)cc1O. The van der Waals surface area contributed by atoms with Crippen LogP contribution in [0.1, 0.15) is 26.5 Å². The molecule has 1 aromatic heterocycles. The number of aryl methyl sites for hydroxylation is 1. The first-order valence-corrected chi connectivity index (χ1v) is 5.41. The average molecular weight is 261 g/mol. The Morgan fingerprint density at radius 3 is 2.53 bits per heavy atom. The number of benzene rings is 1. The molecule has 0 spiro atoms. The number of carboxylic acid groups (broad SMARTS) is 1. The number of rotatable bonds is 3. The summed E-state index contributed by atoms with van der Waals surface area (Å²) in [7, 11) is 0. The highest BCUT2D eigenvalue weighted by Crippen LogP contribution is 2.25. The molecule has 0 fully saturated rings. The van der Waals surface area contributed by atoms with E-state index >= 15 is 0 Å². The summed E-state index contributed by atoms with van der Waals surface area (Å²) in [5, 5.41) is 20.8. The number of carbonyl (C=O) groups is 2. The molecule has 0 atom stereocenters. The van der Waals surface area contributed by atoms with Crippen LogP contribution in [-0.4, -0.2) is 22.1 Å². The van der Waals surface area contributed by atoms with E-state index in [1.807, 2.05) is 0 Å². The predicted octanol–water partition coefficient (Wildman–Crippen LogP) is 2.24. The van der Waals surface area contributed by atoms with Gasteiger partial charge in [-0.3, -0.25) is 4.79 Å². The quantitative estimate of drug-likeness (QED) is 0.736. The van der Waals surface area contributed by atoms with Crippen molar-refractivity contribution in [2.45, 2.75) is 6.92 Å². The highest BCUT2D eigenvalue weighted by atomic mass is 16.4. The Morgan fingerprint density at radius 1 is 1.26 bits per heavy atom. The third-order valence-electron chi connectivity index (χ3n) is 2.56. The lowest BCUT2D eigenvalue weighted by atomic mass is 10.2. The molecule has 0 aliphatic heterocycles. The molecule has 0 bridgehead atoms. The Bertz CT molecular complexity index is 644. The van der Waals surface area contributed by atoms with Crippen molar-refractivity contribution in [1.29, 1.82) is 0 Å². The van der Waals surface area contributed by atoms with E-state index in [4.69, 9.17) is 9.52 Å². The molecule has 6 heteroatoms. The maximum Gasteiger partial charge on any atom is 0.335 e. The normalized spacial score (nSPS) is 10.2. The van der Waals surface area contributed by atoms with Crippen molar-refractivity contribution in [1.82, 2.24) is 0 Å². The molecular weight excluding hydrogens is 250 g/mol. The topological polar surface area (TPSA) is 99.8 Å². The van der Waals surface area contributed by atoms with Gasteiger partial charge in [0.05, 0.1) is 17.5 Å². The number of hydrogen-bond donors (Lipinski definition) is 3. The molecule has 1 heterocycles. The number of hydrogen-bond acceptors (Lipinski definition) is 4. The highest BCUT2D eigenvalue weighted by Gasteiger charge is 2.15. The van der Waals surface area contributed by atoms with Crippen molar-refractivity contribution in [3.8, 4) is 5.75 Å². The van der Waals surface area contributed by atoms with Gasteiger partial charge in [0.25, 0.3) is 5.91 Å². The number of amides is 1. The van der Waals surface area contributed by atoms with Crippen molar-refractivity contribution in [3.05, 3.63) is 47.4 Å². The van der Waals surface area contributed by atoms with Crippen molar-refractivity contribution < 1.29 is 24.2 Å². The third-order valence-corrected chi connectivity index (χ3v) is 2.56. The van der Waals surface area contributed by atoms with Crippen LogP contribution in [0.25, 0.3) is 0 Å². The van der Waals surface area contributed by atoms with Crippen LogP contribution in [0, 0.1) is 6.92 Å². The number of carboxylic acids is 1. The number of furan rings is 1. The van der Waals surface area contributed by atoms with E-state index in [1.54, 1.807) is 13.0 Å². The van der Waals surface area contributed by atoms with Crippen LogP contribution in [0.15, 0.2) is 34.9 Å². The lowest BCUT2D eigenvalue weighted by Crippen LogP contribution is -2.12. The molecule has 6 nitrogen and oxygen atoms in total. The van der Waals surface area contributed by atoms with Gasteiger partial charge in [0.15, 0.2) is 5.76 Å². The largest absolute Gasteiger partial charge is 0.506 e. The van der Waals surface area contributed by atoms with E-state index in [0.29, 0.717) is 5.56 Å². The van der Waals surface area contributed by atoms with Crippen molar-refractivity contribution >= 4 is 17.6 Å². The van der Waals surface area contributed by atoms with Crippen molar-refractivity contribution in [3.63, 3.8) is 0 Å².